The molecule has 2 aliphatic carbocycles. The molecule has 0 spiro atoms. The third-order valence-corrected chi connectivity index (χ3v) is 6.05. The van der Waals surface area contributed by atoms with Crippen LogP contribution in [0.2, 0.25) is 0 Å². The Morgan fingerprint density at radius 3 is 2.16 bits per heavy atom. The molecule has 2 atom stereocenters. The molecule has 2 saturated carbocycles. The molecule has 0 aromatic rings. The van der Waals surface area contributed by atoms with Gasteiger partial charge in [0.05, 0.1) is 0 Å². The van der Waals surface area contributed by atoms with Crippen LogP contribution in [0.4, 0.5) is 0 Å². The van der Waals surface area contributed by atoms with Gasteiger partial charge in [0.25, 0.3) is 0 Å². The van der Waals surface area contributed by atoms with Crippen molar-refractivity contribution in [3.63, 3.8) is 0 Å². The molecule has 110 valence electrons. The summed E-state index contributed by atoms with van der Waals surface area (Å²) >= 11 is 0. The third kappa shape index (κ3) is 3.16. The molecule has 0 aromatic carbocycles. The second-order valence-electron chi connectivity index (χ2n) is 7.38. The van der Waals surface area contributed by atoms with Crippen molar-refractivity contribution in [2.24, 2.45) is 17.6 Å². The van der Waals surface area contributed by atoms with E-state index in [-0.39, 0.29) is 0 Å². The highest BCUT2D eigenvalue weighted by atomic mass is 15.2. The summed E-state index contributed by atoms with van der Waals surface area (Å²) in [6.07, 6.45) is 15.8. The first-order valence-electron chi connectivity index (χ1n) is 8.79. The molecular formula is C17H32N2. The van der Waals surface area contributed by atoms with Gasteiger partial charge in [-0.25, -0.2) is 0 Å². The molecule has 3 aliphatic rings. The summed E-state index contributed by atoms with van der Waals surface area (Å²) in [6, 6.07) is 0. The van der Waals surface area contributed by atoms with Gasteiger partial charge in [0.2, 0.25) is 0 Å². The number of nitrogens with two attached hydrogens (primary N) is 1. The van der Waals surface area contributed by atoms with Gasteiger partial charge >= 0.3 is 0 Å². The Morgan fingerprint density at radius 2 is 1.53 bits per heavy atom. The quantitative estimate of drug-likeness (QED) is 0.844. The van der Waals surface area contributed by atoms with E-state index in [0.717, 1.165) is 18.4 Å². The summed E-state index contributed by atoms with van der Waals surface area (Å²) in [5.74, 6) is 2.07. The van der Waals surface area contributed by atoms with Gasteiger partial charge in [-0.2, -0.15) is 0 Å². The fourth-order valence-corrected chi connectivity index (χ4v) is 4.68. The number of rotatable bonds is 3. The molecule has 2 unspecified atom stereocenters. The first kappa shape index (κ1) is 13.9. The van der Waals surface area contributed by atoms with Crippen LogP contribution in [0.3, 0.4) is 0 Å². The Balaban J connectivity index is 1.68. The average molecular weight is 264 g/mol. The van der Waals surface area contributed by atoms with Crippen molar-refractivity contribution in [3.8, 4) is 0 Å². The highest BCUT2D eigenvalue weighted by Crippen LogP contribution is 2.48. The van der Waals surface area contributed by atoms with Crippen LogP contribution in [0, 0.1) is 11.8 Å². The lowest BCUT2D eigenvalue weighted by molar-refractivity contribution is 0.0250. The van der Waals surface area contributed by atoms with Crippen LogP contribution in [0.25, 0.3) is 0 Å². The van der Waals surface area contributed by atoms with Gasteiger partial charge in [0, 0.05) is 12.1 Å². The van der Waals surface area contributed by atoms with Gasteiger partial charge in [0.15, 0.2) is 0 Å². The minimum absolute atomic E-state index is 0.378. The van der Waals surface area contributed by atoms with Gasteiger partial charge < -0.3 is 5.73 Å². The van der Waals surface area contributed by atoms with Crippen molar-refractivity contribution in [2.45, 2.75) is 76.2 Å². The van der Waals surface area contributed by atoms with Crippen molar-refractivity contribution < 1.29 is 0 Å². The highest BCUT2D eigenvalue weighted by Gasteiger charge is 2.44. The summed E-state index contributed by atoms with van der Waals surface area (Å²) in [5, 5.41) is 0. The van der Waals surface area contributed by atoms with Crippen molar-refractivity contribution in [1.29, 1.82) is 0 Å². The van der Waals surface area contributed by atoms with Crippen LogP contribution in [0.5, 0.6) is 0 Å². The van der Waals surface area contributed by atoms with Gasteiger partial charge in [0.1, 0.15) is 0 Å². The summed E-state index contributed by atoms with van der Waals surface area (Å²) in [7, 11) is 0. The molecule has 1 aliphatic heterocycles. The molecule has 2 heteroatoms. The van der Waals surface area contributed by atoms with Gasteiger partial charge in [-0.15, -0.1) is 0 Å². The zero-order valence-corrected chi connectivity index (χ0v) is 12.6. The maximum Gasteiger partial charge on any atom is 0.0334 e. The Morgan fingerprint density at radius 1 is 0.842 bits per heavy atom. The zero-order chi connectivity index (χ0) is 13.1. The average Bonchev–Trinajstić information content (AvgIpc) is 3.22. The first-order valence-corrected chi connectivity index (χ1v) is 8.79. The second-order valence-corrected chi connectivity index (χ2v) is 7.38. The molecule has 2 nitrogen and oxygen atoms in total. The van der Waals surface area contributed by atoms with Crippen molar-refractivity contribution in [2.75, 3.05) is 19.6 Å². The Labute approximate surface area is 119 Å². The molecule has 0 bridgehead atoms. The minimum Gasteiger partial charge on any atom is -0.329 e. The SMILES string of the molecule is NCC1(N2CCCCCCC2)CCCC(C2CC2)C1. The van der Waals surface area contributed by atoms with E-state index in [9.17, 15) is 0 Å². The van der Waals surface area contributed by atoms with Gasteiger partial charge in [-0.05, 0) is 63.5 Å². The van der Waals surface area contributed by atoms with E-state index in [4.69, 9.17) is 5.73 Å². The topological polar surface area (TPSA) is 29.3 Å². The zero-order valence-electron chi connectivity index (χ0n) is 12.6. The molecule has 1 saturated heterocycles. The van der Waals surface area contributed by atoms with Crippen molar-refractivity contribution in [1.82, 2.24) is 4.90 Å². The lowest BCUT2D eigenvalue weighted by Crippen LogP contribution is -2.57. The van der Waals surface area contributed by atoms with Crippen LogP contribution in [-0.2, 0) is 0 Å². The monoisotopic (exact) mass is 264 g/mol. The largest absolute Gasteiger partial charge is 0.329 e. The van der Waals surface area contributed by atoms with Crippen LogP contribution in [0.15, 0.2) is 0 Å². The van der Waals surface area contributed by atoms with Crippen LogP contribution < -0.4 is 5.73 Å². The van der Waals surface area contributed by atoms with E-state index in [0.29, 0.717) is 5.54 Å². The van der Waals surface area contributed by atoms with E-state index in [2.05, 4.69) is 4.90 Å². The predicted octanol–water partition coefficient (Wildman–Crippen LogP) is 3.55. The van der Waals surface area contributed by atoms with Gasteiger partial charge in [-0.3, -0.25) is 4.90 Å². The maximum atomic E-state index is 6.30. The summed E-state index contributed by atoms with van der Waals surface area (Å²) < 4.78 is 0. The van der Waals surface area contributed by atoms with Crippen LogP contribution in [0.1, 0.15) is 70.6 Å². The van der Waals surface area contributed by atoms with Crippen LogP contribution in [-0.4, -0.2) is 30.1 Å². The van der Waals surface area contributed by atoms with E-state index >= 15 is 0 Å². The second kappa shape index (κ2) is 6.13. The molecule has 0 amide bonds. The van der Waals surface area contributed by atoms with Crippen molar-refractivity contribution in [3.05, 3.63) is 0 Å². The van der Waals surface area contributed by atoms with Gasteiger partial charge in [-0.1, -0.05) is 32.1 Å². The molecule has 3 rings (SSSR count). The molecule has 0 radical (unpaired) electrons. The van der Waals surface area contributed by atoms with Crippen LogP contribution >= 0.6 is 0 Å². The molecule has 2 N–H and O–H groups in total. The summed E-state index contributed by atoms with van der Waals surface area (Å²) in [6.45, 7) is 3.53. The highest BCUT2D eigenvalue weighted by molar-refractivity contribution is 4.99. The summed E-state index contributed by atoms with van der Waals surface area (Å²) in [5.41, 5.74) is 6.68. The lowest BCUT2D eigenvalue weighted by Gasteiger charge is -2.49. The normalized spacial score (nSPS) is 38.7. The van der Waals surface area contributed by atoms with E-state index in [1.54, 1.807) is 0 Å². The molecule has 0 aromatic heterocycles. The number of likely N-dealkylation sites (tertiary alicyclic amines) is 1. The number of hydrogen-bond donors (Lipinski definition) is 1. The Hall–Kier alpha value is -0.0800. The number of nitrogens with zero attached hydrogens (tertiary/aromatic N) is 1. The fourth-order valence-electron chi connectivity index (χ4n) is 4.68. The Bertz CT molecular complexity index is 279. The Kier molecular flexibility index (Phi) is 4.48. The smallest absolute Gasteiger partial charge is 0.0334 e. The number of hydrogen-bond acceptors (Lipinski definition) is 2. The molecular weight excluding hydrogens is 232 g/mol. The standard InChI is InChI=1S/C17H32N2/c18-14-17(19-11-4-2-1-3-5-12-19)10-6-7-16(13-17)15-8-9-15/h15-16H,1-14,18H2. The third-order valence-electron chi connectivity index (χ3n) is 6.05. The molecule has 19 heavy (non-hydrogen) atoms. The summed E-state index contributed by atoms with van der Waals surface area (Å²) in [4.78, 5) is 2.82. The van der Waals surface area contributed by atoms with Crippen molar-refractivity contribution >= 4 is 0 Å². The maximum absolute atomic E-state index is 6.30. The fraction of sp³-hybridized carbons (Fsp3) is 1.00. The molecule has 3 fully saturated rings. The predicted molar refractivity (Wildman–Crippen MR) is 81.1 cm³/mol. The minimum atomic E-state index is 0.378. The van der Waals surface area contributed by atoms with E-state index < -0.39 is 0 Å². The van der Waals surface area contributed by atoms with E-state index in [1.165, 1.54) is 83.7 Å². The van der Waals surface area contributed by atoms with E-state index in [1.807, 2.05) is 0 Å². The molecule has 1 heterocycles. The first-order chi connectivity index (χ1) is 9.34. The lowest BCUT2D eigenvalue weighted by atomic mass is 9.72.